The summed E-state index contributed by atoms with van der Waals surface area (Å²) in [5.41, 5.74) is 1.16. The molecule has 14 heteroatoms. The van der Waals surface area contributed by atoms with E-state index in [0.717, 1.165) is 5.56 Å². The third kappa shape index (κ3) is 9.05. The molecule has 0 saturated heterocycles. The molecule has 0 aliphatic heterocycles. The second-order valence-electron chi connectivity index (χ2n) is 11.9. The van der Waals surface area contributed by atoms with Gasteiger partial charge >= 0.3 is 12.1 Å². The molecule has 4 aromatic rings. The van der Waals surface area contributed by atoms with Gasteiger partial charge in [0.1, 0.15) is 17.0 Å². The molecule has 0 bridgehead atoms. The smallest absolute Gasteiger partial charge is 0.407 e. The molecule has 4 rings (SSSR count). The van der Waals surface area contributed by atoms with Crippen molar-refractivity contribution in [2.75, 3.05) is 0 Å². The first-order valence-electron chi connectivity index (χ1n) is 13.6. The lowest BCUT2D eigenvalue weighted by Gasteiger charge is -2.24. The normalized spacial score (nSPS) is 12.5. The van der Waals surface area contributed by atoms with Gasteiger partial charge in [0, 0.05) is 23.5 Å². The van der Waals surface area contributed by atoms with Crippen LogP contribution in [0.3, 0.4) is 0 Å². The number of nitrogens with one attached hydrogen (secondary N) is 2. The first kappa shape index (κ1) is 31.1. The number of ether oxygens (including phenoxy) is 3. The Bertz CT molecular complexity index is 1540. The molecule has 3 heterocycles. The van der Waals surface area contributed by atoms with Crippen LogP contribution in [0, 0.1) is 12.7 Å². The molecule has 2 N–H and O–H groups in total. The first-order valence-corrected chi connectivity index (χ1v) is 13.6. The number of H-pyrrole nitrogens is 1. The number of benzene rings is 1. The summed E-state index contributed by atoms with van der Waals surface area (Å²) in [6.45, 7) is 12.4. The second-order valence-corrected chi connectivity index (χ2v) is 11.9. The van der Waals surface area contributed by atoms with Crippen molar-refractivity contribution < 1.29 is 28.2 Å². The van der Waals surface area contributed by atoms with Gasteiger partial charge in [-0.15, -0.1) is 10.2 Å². The van der Waals surface area contributed by atoms with Crippen LogP contribution in [0.1, 0.15) is 53.5 Å². The number of aryl methyl sites for hydroxylation is 1. The Morgan fingerprint density at radius 3 is 2.44 bits per heavy atom. The van der Waals surface area contributed by atoms with Crippen molar-refractivity contribution in [3.05, 3.63) is 54.1 Å². The molecule has 0 aliphatic carbocycles. The number of rotatable bonds is 9. The van der Waals surface area contributed by atoms with Crippen LogP contribution in [0.25, 0.3) is 22.6 Å². The predicted molar refractivity (Wildman–Crippen MR) is 153 cm³/mol. The number of nitrogens with zero attached hydrogens (tertiary/aromatic N) is 6. The zero-order valence-corrected chi connectivity index (χ0v) is 25.1. The van der Waals surface area contributed by atoms with Gasteiger partial charge in [0.25, 0.3) is 5.88 Å². The molecule has 228 valence electrons. The Kier molecular flexibility index (Phi) is 9.07. The van der Waals surface area contributed by atoms with Crippen LogP contribution >= 0.6 is 0 Å². The van der Waals surface area contributed by atoms with Gasteiger partial charge in [0.2, 0.25) is 5.82 Å². The zero-order chi connectivity index (χ0) is 31.4. The summed E-state index contributed by atoms with van der Waals surface area (Å²) in [5.74, 6) is -0.617. The average Bonchev–Trinajstić information content (AvgIpc) is 3.56. The fourth-order valence-electron chi connectivity index (χ4n) is 3.97. The molecule has 0 aliphatic rings. The highest BCUT2D eigenvalue weighted by atomic mass is 19.1. The van der Waals surface area contributed by atoms with Crippen molar-refractivity contribution >= 4 is 12.1 Å². The summed E-state index contributed by atoms with van der Waals surface area (Å²) in [7, 11) is 0. The SMILES string of the molecule is Cc1cc(Oc2ncc(-c3ccn[nH]3)cc2F)ccc1-c1nnn(C[C@H](CC(=O)OC(C)(C)C)NC(=O)OC(C)(C)C)n1. The lowest BCUT2D eigenvalue weighted by molar-refractivity contribution is -0.155. The molecule has 0 radical (unpaired) electrons. The summed E-state index contributed by atoms with van der Waals surface area (Å²) in [6, 6.07) is 7.36. The number of aromatic nitrogens is 7. The van der Waals surface area contributed by atoms with E-state index in [9.17, 15) is 14.0 Å². The molecule has 0 unspecified atom stereocenters. The number of aromatic amines is 1. The number of halogens is 1. The molecule has 0 fully saturated rings. The van der Waals surface area contributed by atoms with E-state index >= 15 is 0 Å². The Balaban J connectivity index is 1.46. The number of hydrogen-bond donors (Lipinski definition) is 2. The van der Waals surface area contributed by atoms with Gasteiger partial charge in [-0.3, -0.25) is 9.89 Å². The molecule has 0 saturated carbocycles. The van der Waals surface area contributed by atoms with E-state index in [4.69, 9.17) is 14.2 Å². The number of alkyl carbamates (subject to hydrolysis) is 1. The van der Waals surface area contributed by atoms with Gasteiger partial charge in [-0.25, -0.2) is 14.2 Å². The minimum atomic E-state index is -0.731. The van der Waals surface area contributed by atoms with Crippen LogP contribution < -0.4 is 10.1 Å². The van der Waals surface area contributed by atoms with E-state index in [1.807, 2.05) is 6.92 Å². The van der Waals surface area contributed by atoms with Gasteiger partial charge in [0.05, 0.1) is 24.7 Å². The summed E-state index contributed by atoms with van der Waals surface area (Å²) in [4.78, 5) is 30.4. The Morgan fingerprint density at radius 2 is 1.81 bits per heavy atom. The summed E-state index contributed by atoms with van der Waals surface area (Å²) < 4.78 is 31.1. The van der Waals surface area contributed by atoms with Crippen LogP contribution in [0.2, 0.25) is 0 Å². The maximum Gasteiger partial charge on any atom is 0.407 e. The number of esters is 1. The fraction of sp³-hybridized carbons (Fsp3) is 0.414. The summed E-state index contributed by atoms with van der Waals surface area (Å²) >= 11 is 0. The number of tetrazole rings is 1. The zero-order valence-electron chi connectivity index (χ0n) is 25.1. The largest absolute Gasteiger partial charge is 0.460 e. The topological polar surface area (TPSA) is 159 Å². The van der Waals surface area contributed by atoms with E-state index in [2.05, 4.69) is 35.9 Å². The Hall–Kier alpha value is -4.88. The van der Waals surface area contributed by atoms with Crippen molar-refractivity contribution in [1.82, 2.24) is 40.7 Å². The van der Waals surface area contributed by atoms with Crippen molar-refractivity contribution in [3.63, 3.8) is 0 Å². The number of carbonyl (C=O) groups is 2. The van der Waals surface area contributed by atoms with Crippen molar-refractivity contribution in [3.8, 4) is 34.3 Å². The lowest BCUT2D eigenvalue weighted by Crippen LogP contribution is -2.43. The van der Waals surface area contributed by atoms with Crippen LogP contribution in [0.15, 0.2) is 42.7 Å². The second kappa shape index (κ2) is 12.5. The molecular formula is C29H35FN8O5. The number of hydrogen-bond acceptors (Lipinski definition) is 10. The lowest BCUT2D eigenvalue weighted by atomic mass is 10.1. The van der Waals surface area contributed by atoms with Crippen molar-refractivity contribution in [2.45, 2.75) is 78.7 Å². The fourth-order valence-corrected chi connectivity index (χ4v) is 3.97. The van der Waals surface area contributed by atoms with Gasteiger partial charge < -0.3 is 19.5 Å². The van der Waals surface area contributed by atoms with Gasteiger partial charge in [-0.2, -0.15) is 9.90 Å². The van der Waals surface area contributed by atoms with E-state index in [0.29, 0.717) is 28.4 Å². The minimum Gasteiger partial charge on any atom is -0.460 e. The number of pyridine rings is 1. The van der Waals surface area contributed by atoms with E-state index in [1.54, 1.807) is 72.0 Å². The van der Waals surface area contributed by atoms with Gasteiger partial charge in [0.15, 0.2) is 5.82 Å². The van der Waals surface area contributed by atoms with E-state index in [1.165, 1.54) is 17.1 Å². The minimum absolute atomic E-state index is 0.0330. The van der Waals surface area contributed by atoms with Gasteiger partial charge in [-0.1, -0.05) is 0 Å². The molecule has 1 amide bonds. The molecule has 3 aromatic heterocycles. The summed E-state index contributed by atoms with van der Waals surface area (Å²) in [5, 5.41) is 22.0. The molecule has 13 nitrogen and oxygen atoms in total. The molecular weight excluding hydrogens is 559 g/mol. The summed E-state index contributed by atoms with van der Waals surface area (Å²) in [6.07, 6.45) is 2.24. The first-order chi connectivity index (χ1) is 20.1. The maximum absolute atomic E-state index is 14.7. The molecule has 1 atom stereocenters. The molecule has 0 spiro atoms. The van der Waals surface area contributed by atoms with Crippen molar-refractivity contribution in [1.29, 1.82) is 0 Å². The van der Waals surface area contributed by atoms with E-state index in [-0.39, 0.29) is 18.8 Å². The van der Waals surface area contributed by atoms with Crippen LogP contribution in [0.5, 0.6) is 11.6 Å². The highest BCUT2D eigenvalue weighted by Gasteiger charge is 2.26. The highest BCUT2D eigenvalue weighted by Crippen LogP contribution is 2.29. The average molecular weight is 595 g/mol. The van der Waals surface area contributed by atoms with Crippen LogP contribution in [0.4, 0.5) is 9.18 Å². The third-order valence-corrected chi connectivity index (χ3v) is 5.66. The molecule has 1 aromatic carbocycles. The number of amides is 1. The quantitative estimate of drug-likeness (QED) is 0.253. The van der Waals surface area contributed by atoms with Gasteiger partial charge in [-0.05, 0) is 89.6 Å². The Morgan fingerprint density at radius 1 is 1.07 bits per heavy atom. The van der Waals surface area contributed by atoms with Crippen LogP contribution in [-0.2, 0) is 20.8 Å². The predicted octanol–water partition coefficient (Wildman–Crippen LogP) is 4.99. The maximum atomic E-state index is 14.7. The third-order valence-electron chi connectivity index (χ3n) is 5.66. The highest BCUT2D eigenvalue weighted by molar-refractivity contribution is 5.73. The van der Waals surface area contributed by atoms with Crippen molar-refractivity contribution in [2.24, 2.45) is 0 Å². The van der Waals surface area contributed by atoms with Crippen LogP contribution in [-0.4, -0.2) is 64.7 Å². The Labute approximate surface area is 248 Å². The monoisotopic (exact) mass is 594 g/mol. The van der Waals surface area contributed by atoms with E-state index < -0.39 is 35.1 Å². The number of carbonyl (C=O) groups excluding carboxylic acids is 2. The standard InChI is InChI=1S/C29H35FN8O5/c1-17-12-20(41-26-22(30)13-18(15-31-26)23-10-11-32-34-23)8-9-21(17)25-35-37-38(36-25)16-19(14-24(39)42-28(2,3)4)33-27(40)43-29(5,6)7/h8-13,15,19H,14,16H2,1-7H3,(H,32,34)(H,33,40)/t19-/m0/s1. The molecule has 43 heavy (non-hydrogen) atoms.